The molecule has 0 unspecified atom stereocenters. The van der Waals surface area contributed by atoms with Crippen LogP contribution in [0.3, 0.4) is 0 Å². The van der Waals surface area contributed by atoms with Crippen molar-refractivity contribution in [3.63, 3.8) is 0 Å². The van der Waals surface area contributed by atoms with Crippen molar-refractivity contribution in [3.05, 3.63) is 64.7 Å². The summed E-state index contributed by atoms with van der Waals surface area (Å²) in [5.41, 5.74) is 1.30. The molecule has 122 valence electrons. The van der Waals surface area contributed by atoms with Crippen molar-refractivity contribution in [2.45, 2.75) is 6.54 Å². The maximum absolute atomic E-state index is 14.0. The second-order valence-corrected chi connectivity index (χ2v) is 5.47. The van der Waals surface area contributed by atoms with Gasteiger partial charge in [-0.2, -0.15) is 0 Å². The minimum absolute atomic E-state index is 0.158. The summed E-state index contributed by atoms with van der Waals surface area (Å²) in [5, 5.41) is 4.41. The Labute approximate surface area is 142 Å². The number of ether oxygens (including phenoxy) is 1. The third-order valence-electron chi connectivity index (χ3n) is 3.51. The van der Waals surface area contributed by atoms with Crippen LogP contribution >= 0.6 is 11.6 Å². The van der Waals surface area contributed by atoms with Gasteiger partial charge in [-0.15, -0.1) is 0 Å². The van der Waals surface area contributed by atoms with E-state index >= 15 is 0 Å². The number of nitrogens with zero attached hydrogens (tertiary/aromatic N) is 2. The van der Waals surface area contributed by atoms with Crippen molar-refractivity contribution in [3.8, 4) is 0 Å². The summed E-state index contributed by atoms with van der Waals surface area (Å²) >= 11 is 5.95. The molecule has 0 fully saturated rings. The molecule has 0 spiro atoms. The fourth-order valence-electron chi connectivity index (χ4n) is 2.31. The van der Waals surface area contributed by atoms with Crippen molar-refractivity contribution >= 4 is 34.3 Å². The van der Waals surface area contributed by atoms with Gasteiger partial charge in [0.1, 0.15) is 18.0 Å². The second kappa shape index (κ2) is 6.80. The number of carbonyl (C=O) groups excluding carboxylic acids is 1. The van der Waals surface area contributed by atoms with Gasteiger partial charge in [0.05, 0.1) is 18.2 Å². The molecule has 3 rings (SSSR count). The van der Waals surface area contributed by atoms with Gasteiger partial charge < -0.3 is 10.1 Å². The molecule has 0 amide bonds. The van der Waals surface area contributed by atoms with Crippen LogP contribution < -0.4 is 5.32 Å². The number of halogens is 2. The largest absolute Gasteiger partial charge is 0.465 e. The molecule has 1 heterocycles. The van der Waals surface area contributed by atoms with Gasteiger partial charge in [-0.25, -0.2) is 19.2 Å². The number of esters is 1. The normalized spacial score (nSPS) is 10.6. The molecule has 0 radical (unpaired) electrons. The van der Waals surface area contributed by atoms with Crippen LogP contribution in [0.4, 0.5) is 10.2 Å². The number of nitrogens with one attached hydrogen (secondary N) is 1. The first-order valence-corrected chi connectivity index (χ1v) is 7.47. The summed E-state index contributed by atoms with van der Waals surface area (Å²) in [6.07, 6.45) is 1.40. The van der Waals surface area contributed by atoms with Crippen molar-refractivity contribution in [1.82, 2.24) is 9.97 Å². The molecule has 3 aromatic rings. The van der Waals surface area contributed by atoms with Gasteiger partial charge in [-0.05, 0) is 36.4 Å². The maximum atomic E-state index is 14.0. The molecule has 0 aliphatic carbocycles. The van der Waals surface area contributed by atoms with Gasteiger partial charge >= 0.3 is 5.97 Å². The number of hydrogen-bond acceptors (Lipinski definition) is 5. The SMILES string of the molecule is COC(=O)c1ccc(F)c(CNc2ncnc3cc(Cl)ccc23)c1. The monoisotopic (exact) mass is 345 g/mol. The molecule has 0 aliphatic rings. The summed E-state index contributed by atoms with van der Waals surface area (Å²) in [4.78, 5) is 19.9. The van der Waals surface area contributed by atoms with Crippen molar-refractivity contribution in [1.29, 1.82) is 0 Å². The molecular formula is C17H13ClFN3O2. The van der Waals surface area contributed by atoms with E-state index in [1.54, 1.807) is 18.2 Å². The Kier molecular flexibility index (Phi) is 4.57. The second-order valence-electron chi connectivity index (χ2n) is 5.04. The molecule has 0 bridgehead atoms. The van der Waals surface area contributed by atoms with Gasteiger partial charge in [-0.1, -0.05) is 11.6 Å². The van der Waals surface area contributed by atoms with Crippen LogP contribution in [0, 0.1) is 5.82 Å². The predicted octanol–water partition coefficient (Wildman–Crippen LogP) is 3.82. The minimum Gasteiger partial charge on any atom is -0.465 e. The number of rotatable bonds is 4. The number of hydrogen-bond donors (Lipinski definition) is 1. The van der Waals surface area contributed by atoms with E-state index in [2.05, 4.69) is 20.0 Å². The number of methoxy groups -OCH3 is 1. The third kappa shape index (κ3) is 3.28. The van der Waals surface area contributed by atoms with E-state index in [1.807, 2.05) is 0 Å². The quantitative estimate of drug-likeness (QED) is 0.728. The van der Waals surface area contributed by atoms with Gasteiger partial charge in [0, 0.05) is 22.5 Å². The van der Waals surface area contributed by atoms with Gasteiger partial charge in [0.25, 0.3) is 0 Å². The zero-order valence-corrected chi connectivity index (χ0v) is 13.5. The van der Waals surface area contributed by atoms with Crippen molar-refractivity contribution in [2.24, 2.45) is 0 Å². The fraction of sp³-hybridized carbons (Fsp3) is 0.118. The van der Waals surface area contributed by atoms with Crippen LogP contribution in [0.1, 0.15) is 15.9 Å². The van der Waals surface area contributed by atoms with Crippen molar-refractivity contribution in [2.75, 3.05) is 12.4 Å². The van der Waals surface area contributed by atoms with E-state index in [9.17, 15) is 9.18 Å². The first-order valence-electron chi connectivity index (χ1n) is 7.09. The molecule has 0 saturated carbocycles. The topological polar surface area (TPSA) is 64.1 Å². The highest BCUT2D eigenvalue weighted by Gasteiger charge is 2.11. The molecule has 5 nitrogen and oxygen atoms in total. The lowest BCUT2D eigenvalue weighted by molar-refractivity contribution is 0.0600. The lowest BCUT2D eigenvalue weighted by Crippen LogP contribution is -2.07. The minimum atomic E-state index is -0.515. The van der Waals surface area contributed by atoms with Gasteiger partial charge in [0.2, 0.25) is 0 Å². The van der Waals surface area contributed by atoms with E-state index in [1.165, 1.54) is 31.6 Å². The molecule has 2 aromatic carbocycles. The fourth-order valence-corrected chi connectivity index (χ4v) is 2.47. The molecule has 0 saturated heterocycles. The summed E-state index contributed by atoms with van der Waals surface area (Å²) < 4.78 is 18.6. The van der Waals surface area contributed by atoms with E-state index in [4.69, 9.17) is 11.6 Å². The first-order chi connectivity index (χ1) is 11.6. The van der Waals surface area contributed by atoms with Crippen LogP contribution in [0.15, 0.2) is 42.7 Å². The van der Waals surface area contributed by atoms with Crippen LogP contribution in [-0.2, 0) is 11.3 Å². The summed E-state index contributed by atoms with van der Waals surface area (Å²) in [7, 11) is 1.28. The average molecular weight is 346 g/mol. The maximum Gasteiger partial charge on any atom is 0.337 e. The van der Waals surface area contributed by atoms with Crippen LogP contribution in [-0.4, -0.2) is 23.0 Å². The Morgan fingerprint density at radius 3 is 2.88 bits per heavy atom. The van der Waals surface area contributed by atoms with Crippen molar-refractivity contribution < 1.29 is 13.9 Å². The van der Waals surface area contributed by atoms with E-state index < -0.39 is 11.8 Å². The zero-order valence-electron chi connectivity index (χ0n) is 12.7. The van der Waals surface area contributed by atoms with Crippen LogP contribution in [0.2, 0.25) is 5.02 Å². The van der Waals surface area contributed by atoms with E-state index in [0.717, 1.165) is 5.39 Å². The molecule has 1 aromatic heterocycles. The molecule has 0 atom stereocenters. The Morgan fingerprint density at radius 1 is 1.25 bits per heavy atom. The predicted molar refractivity (Wildman–Crippen MR) is 89.6 cm³/mol. The highest BCUT2D eigenvalue weighted by Crippen LogP contribution is 2.23. The number of carbonyl (C=O) groups is 1. The molecule has 7 heteroatoms. The summed E-state index contributed by atoms with van der Waals surface area (Å²) in [6, 6.07) is 9.32. The number of aromatic nitrogens is 2. The Hall–Kier alpha value is -2.73. The lowest BCUT2D eigenvalue weighted by Gasteiger charge is -2.10. The molecular weight excluding hydrogens is 333 g/mol. The van der Waals surface area contributed by atoms with E-state index in [0.29, 0.717) is 21.9 Å². The molecule has 0 aliphatic heterocycles. The average Bonchev–Trinajstić information content (AvgIpc) is 2.60. The number of anilines is 1. The van der Waals surface area contributed by atoms with Gasteiger partial charge in [0.15, 0.2) is 0 Å². The highest BCUT2D eigenvalue weighted by molar-refractivity contribution is 6.31. The number of fused-ring (bicyclic) bond motifs is 1. The standard InChI is InChI=1S/C17H13ClFN3O2/c1-24-17(23)10-2-5-14(19)11(6-10)8-20-16-13-4-3-12(18)7-15(13)21-9-22-16/h2-7,9H,8H2,1H3,(H,20,21,22). The molecule has 1 N–H and O–H groups in total. The molecule has 24 heavy (non-hydrogen) atoms. The summed E-state index contributed by atoms with van der Waals surface area (Å²) in [5.74, 6) is -0.380. The van der Waals surface area contributed by atoms with Crippen LogP contribution in [0.5, 0.6) is 0 Å². The third-order valence-corrected chi connectivity index (χ3v) is 3.75. The Bertz CT molecular complexity index is 917. The zero-order chi connectivity index (χ0) is 17.1. The Morgan fingerprint density at radius 2 is 2.08 bits per heavy atom. The smallest absolute Gasteiger partial charge is 0.337 e. The van der Waals surface area contributed by atoms with E-state index in [-0.39, 0.29) is 12.1 Å². The Balaban J connectivity index is 1.87. The van der Waals surface area contributed by atoms with Gasteiger partial charge in [-0.3, -0.25) is 0 Å². The summed E-state index contributed by atoms with van der Waals surface area (Å²) in [6.45, 7) is 0.158. The first kappa shape index (κ1) is 16.1. The van der Waals surface area contributed by atoms with Crippen LogP contribution in [0.25, 0.3) is 10.9 Å². The lowest BCUT2D eigenvalue weighted by atomic mass is 10.1. The highest BCUT2D eigenvalue weighted by atomic mass is 35.5. The number of benzene rings is 2.